The van der Waals surface area contributed by atoms with Crippen molar-refractivity contribution in [2.75, 3.05) is 26.2 Å². The SMILES string of the molecule is Cc1cnc(Cn2c(-c3cccc(OCCCN4CC(O)C4)c3Cl)nc3c(OC4(C)CC4)ncnc32)s1. The highest BCUT2D eigenvalue weighted by atomic mass is 35.5. The number of likely N-dealkylation sites (tertiary alicyclic amines) is 1. The third-order valence-electron chi connectivity index (χ3n) is 6.78. The van der Waals surface area contributed by atoms with Gasteiger partial charge in [-0.2, -0.15) is 4.98 Å². The Bertz CT molecular complexity index is 1430. The number of hydrogen-bond donors (Lipinski definition) is 1. The number of imidazole rings is 1. The van der Waals surface area contributed by atoms with Crippen molar-refractivity contribution in [3.63, 3.8) is 0 Å². The van der Waals surface area contributed by atoms with Crippen LogP contribution in [0.15, 0.2) is 30.7 Å². The number of rotatable bonds is 10. The van der Waals surface area contributed by atoms with E-state index < -0.39 is 0 Å². The molecular weight excluding hydrogens is 512 g/mol. The molecule has 2 fully saturated rings. The molecule has 0 amide bonds. The molecule has 4 aromatic rings. The van der Waals surface area contributed by atoms with Gasteiger partial charge in [-0.25, -0.2) is 15.0 Å². The second kappa shape index (κ2) is 9.83. The monoisotopic (exact) mass is 540 g/mol. The van der Waals surface area contributed by atoms with Gasteiger partial charge in [-0.3, -0.25) is 4.90 Å². The number of aromatic nitrogens is 5. The third-order valence-corrected chi connectivity index (χ3v) is 8.06. The van der Waals surface area contributed by atoms with Gasteiger partial charge >= 0.3 is 0 Å². The molecule has 1 N–H and O–H groups in total. The fourth-order valence-electron chi connectivity index (χ4n) is 4.46. The summed E-state index contributed by atoms with van der Waals surface area (Å²) in [6.45, 7) is 7.52. The minimum absolute atomic E-state index is 0.192. The van der Waals surface area contributed by atoms with Crippen molar-refractivity contribution in [1.29, 1.82) is 0 Å². The summed E-state index contributed by atoms with van der Waals surface area (Å²) in [7, 11) is 0. The summed E-state index contributed by atoms with van der Waals surface area (Å²) in [5, 5.41) is 10.9. The minimum atomic E-state index is -0.197. The number of aryl methyl sites for hydroxylation is 1. The van der Waals surface area contributed by atoms with Crippen LogP contribution in [0.3, 0.4) is 0 Å². The number of hydrogen-bond acceptors (Lipinski definition) is 9. The zero-order valence-electron chi connectivity index (χ0n) is 20.9. The number of halogens is 1. The molecule has 2 aliphatic rings. The molecule has 6 rings (SSSR count). The Kier molecular flexibility index (Phi) is 6.52. The molecule has 0 unspecified atom stereocenters. The van der Waals surface area contributed by atoms with Gasteiger partial charge in [0, 0.05) is 36.3 Å². The number of aliphatic hydroxyl groups excluding tert-OH is 1. The molecule has 194 valence electrons. The zero-order chi connectivity index (χ0) is 25.6. The fourth-order valence-corrected chi connectivity index (χ4v) is 5.50. The molecule has 1 aliphatic carbocycles. The average molecular weight is 541 g/mol. The Labute approximate surface area is 224 Å². The van der Waals surface area contributed by atoms with Crippen molar-refractivity contribution in [2.45, 2.75) is 51.4 Å². The van der Waals surface area contributed by atoms with E-state index in [1.165, 1.54) is 6.33 Å². The molecule has 0 radical (unpaired) electrons. The maximum Gasteiger partial charge on any atom is 0.245 e. The van der Waals surface area contributed by atoms with E-state index in [0.717, 1.165) is 54.3 Å². The zero-order valence-corrected chi connectivity index (χ0v) is 22.4. The van der Waals surface area contributed by atoms with Crippen molar-refractivity contribution in [2.24, 2.45) is 0 Å². The number of thiazole rings is 1. The first-order chi connectivity index (χ1) is 17.9. The lowest BCUT2D eigenvalue weighted by Gasteiger charge is -2.35. The molecular formula is C26H29ClN6O3S. The smallest absolute Gasteiger partial charge is 0.245 e. The van der Waals surface area contributed by atoms with Crippen LogP contribution in [0.25, 0.3) is 22.6 Å². The minimum Gasteiger partial charge on any atom is -0.492 e. The van der Waals surface area contributed by atoms with Gasteiger partial charge in [0.1, 0.15) is 28.5 Å². The number of ether oxygens (including phenoxy) is 2. The summed E-state index contributed by atoms with van der Waals surface area (Å²) in [6.07, 6.45) is 6.05. The van der Waals surface area contributed by atoms with Crippen LogP contribution < -0.4 is 9.47 Å². The van der Waals surface area contributed by atoms with E-state index in [1.807, 2.05) is 35.9 Å². The maximum absolute atomic E-state index is 9.46. The molecule has 1 aromatic carbocycles. The van der Waals surface area contributed by atoms with E-state index in [2.05, 4.69) is 26.8 Å². The van der Waals surface area contributed by atoms with Gasteiger partial charge in [0.05, 0.1) is 24.3 Å². The molecule has 4 heterocycles. The van der Waals surface area contributed by atoms with Gasteiger partial charge in [0.25, 0.3) is 0 Å². The fraction of sp³-hybridized carbons (Fsp3) is 0.462. The summed E-state index contributed by atoms with van der Waals surface area (Å²) in [5.41, 5.74) is 1.84. The van der Waals surface area contributed by atoms with Gasteiger partial charge in [-0.15, -0.1) is 11.3 Å². The number of benzene rings is 1. The Morgan fingerprint density at radius 2 is 2.05 bits per heavy atom. The summed E-state index contributed by atoms with van der Waals surface area (Å²) in [6, 6.07) is 5.74. The normalized spacial score (nSPS) is 17.2. The average Bonchev–Trinajstić information content (AvgIpc) is 3.26. The van der Waals surface area contributed by atoms with Crippen LogP contribution in [-0.4, -0.2) is 72.5 Å². The highest BCUT2D eigenvalue weighted by molar-refractivity contribution is 7.11. The lowest BCUT2D eigenvalue weighted by atomic mass is 10.1. The molecule has 0 spiro atoms. The number of β-amino-alcohol motifs (C(OH)–C–C–N with tert-alkyl or cyclic N) is 1. The molecule has 11 heteroatoms. The van der Waals surface area contributed by atoms with Gasteiger partial charge in [0.15, 0.2) is 11.2 Å². The van der Waals surface area contributed by atoms with Gasteiger partial charge in [0.2, 0.25) is 5.88 Å². The molecule has 0 atom stereocenters. The predicted molar refractivity (Wildman–Crippen MR) is 143 cm³/mol. The van der Waals surface area contributed by atoms with Gasteiger partial charge in [-0.05, 0) is 45.2 Å². The predicted octanol–water partition coefficient (Wildman–Crippen LogP) is 4.34. The standard InChI is InChI=1S/C26H29ClN6O3S/c1-16-11-28-20(37-16)14-33-23(31-22-24(33)29-15-30-25(22)36-26(2)7-8-26)18-5-3-6-19(21(18)27)35-10-4-9-32-12-17(34)13-32/h3,5-6,11,15,17,34H,4,7-10,12-14H2,1-2H3. The van der Waals surface area contributed by atoms with Crippen LogP contribution in [-0.2, 0) is 6.54 Å². The van der Waals surface area contributed by atoms with Crippen LogP contribution in [0, 0.1) is 6.92 Å². The van der Waals surface area contributed by atoms with E-state index in [4.69, 9.17) is 26.1 Å². The summed E-state index contributed by atoms with van der Waals surface area (Å²) >= 11 is 8.54. The van der Waals surface area contributed by atoms with Crippen LogP contribution in [0.2, 0.25) is 5.02 Å². The number of aliphatic hydroxyl groups is 1. The van der Waals surface area contributed by atoms with Crippen molar-refractivity contribution in [3.8, 4) is 23.0 Å². The van der Waals surface area contributed by atoms with Gasteiger partial charge < -0.3 is 19.1 Å². The van der Waals surface area contributed by atoms with E-state index in [-0.39, 0.29) is 11.7 Å². The van der Waals surface area contributed by atoms with Crippen molar-refractivity contribution < 1.29 is 14.6 Å². The second-order valence-electron chi connectivity index (χ2n) is 10.0. The highest BCUT2D eigenvalue weighted by Crippen LogP contribution is 2.42. The van der Waals surface area contributed by atoms with Crippen molar-refractivity contribution in [1.82, 2.24) is 29.4 Å². The number of nitrogens with zero attached hydrogens (tertiary/aromatic N) is 6. The van der Waals surface area contributed by atoms with Crippen molar-refractivity contribution >= 4 is 34.1 Å². The van der Waals surface area contributed by atoms with Crippen LogP contribution in [0.4, 0.5) is 0 Å². The highest BCUT2D eigenvalue weighted by Gasteiger charge is 2.41. The van der Waals surface area contributed by atoms with Crippen LogP contribution in [0.5, 0.6) is 11.6 Å². The third kappa shape index (κ3) is 5.16. The lowest BCUT2D eigenvalue weighted by molar-refractivity contribution is 0.0000503. The molecule has 1 aliphatic heterocycles. The Hall–Kier alpha value is -2.79. The molecule has 3 aromatic heterocycles. The summed E-state index contributed by atoms with van der Waals surface area (Å²) < 4.78 is 14.3. The summed E-state index contributed by atoms with van der Waals surface area (Å²) in [5.74, 6) is 1.76. The second-order valence-corrected chi connectivity index (χ2v) is 11.7. The van der Waals surface area contributed by atoms with E-state index in [1.54, 1.807) is 11.3 Å². The maximum atomic E-state index is 9.46. The van der Waals surface area contributed by atoms with E-state index in [0.29, 0.717) is 46.8 Å². The van der Waals surface area contributed by atoms with E-state index >= 15 is 0 Å². The first-order valence-corrected chi connectivity index (χ1v) is 13.7. The van der Waals surface area contributed by atoms with Crippen LogP contribution in [0.1, 0.15) is 36.1 Å². The first-order valence-electron chi connectivity index (χ1n) is 12.5. The molecule has 1 saturated carbocycles. The molecule has 1 saturated heterocycles. The quantitative estimate of drug-likeness (QED) is 0.297. The Balaban J connectivity index is 1.33. The number of fused-ring (bicyclic) bond motifs is 1. The Morgan fingerprint density at radius 3 is 2.78 bits per heavy atom. The Morgan fingerprint density at radius 1 is 1.22 bits per heavy atom. The topological polar surface area (TPSA) is 98.4 Å². The molecule has 9 nitrogen and oxygen atoms in total. The molecule has 0 bridgehead atoms. The largest absolute Gasteiger partial charge is 0.492 e. The summed E-state index contributed by atoms with van der Waals surface area (Å²) in [4.78, 5) is 21.9. The van der Waals surface area contributed by atoms with Crippen LogP contribution >= 0.6 is 22.9 Å². The van der Waals surface area contributed by atoms with Gasteiger partial charge in [-0.1, -0.05) is 17.7 Å². The lowest BCUT2D eigenvalue weighted by Crippen LogP contribution is -2.50. The first kappa shape index (κ1) is 24.5. The molecule has 37 heavy (non-hydrogen) atoms. The van der Waals surface area contributed by atoms with E-state index in [9.17, 15) is 5.11 Å². The van der Waals surface area contributed by atoms with Crippen molar-refractivity contribution in [3.05, 3.63) is 45.6 Å².